The zero-order chi connectivity index (χ0) is 12.1. The Balaban J connectivity index is 2.43. The second-order valence-corrected chi connectivity index (χ2v) is 5.86. The molecule has 0 atom stereocenters. The van der Waals surface area contributed by atoms with Crippen molar-refractivity contribution in [1.29, 1.82) is 0 Å². The Kier molecular flexibility index (Phi) is 5.47. The molecule has 1 rings (SSSR count). The number of carbonyl (C=O) groups is 1. The Morgan fingerprint density at radius 1 is 1.19 bits per heavy atom. The first-order chi connectivity index (χ1) is 7.50. The van der Waals surface area contributed by atoms with Gasteiger partial charge in [0.05, 0.1) is 6.54 Å². The van der Waals surface area contributed by atoms with Gasteiger partial charge in [-0.3, -0.25) is 9.69 Å². The van der Waals surface area contributed by atoms with Crippen molar-refractivity contribution in [2.75, 3.05) is 13.1 Å². The van der Waals surface area contributed by atoms with Crippen LogP contribution in [0.25, 0.3) is 0 Å². The molecule has 0 aromatic heterocycles. The van der Waals surface area contributed by atoms with E-state index in [4.69, 9.17) is 0 Å². The first-order valence-electron chi connectivity index (χ1n) is 6.77. The van der Waals surface area contributed by atoms with Gasteiger partial charge >= 0.3 is 0 Å². The lowest BCUT2D eigenvalue weighted by Gasteiger charge is -2.28. The van der Waals surface area contributed by atoms with E-state index in [9.17, 15) is 4.79 Å². The largest absolute Gasteiger partial charge is 0.298 e. The molecule has 2 heteroatoms. The van der Waals surface area contributed by atoms with Gasteiger partial charge in [-0.1, -0.05) is 26.7 Å². The molecule has 0 aromatic carbocycles. The van der Waals surface area contributed by atoms with Crippen LogP contribution in [0.2, 0.25) is 0 Å². The zero-order valence-electron chi connectivity index (χ0n) is 11.3. The van der Waals surface area contributed by atoms with E-state index in [1.165, 1.54) is 12.8 Å². The summed E-state index contributed by atoms with van der Waals surface area (Å²) in [4.78, 5) is 14.4. The van der Waals surface area contributed by atoms with Crippen molar-refractivity contribution in [2.24, 2.45) is 11.8 Å². The van der Waals surface area contributed by atoms with Crippen LogP contribution in [0.4, 0.5) is 0 Å². The normalized spacial score (nSPS) is 17.9. The summed E-state index contributed by atoms with van der Waals surface area (Å²) in [6.07, 6.45) is 4.77. The summed E-state index contributed by atoms with van der Waals surface area (Å²) in [6.45, 7) is 10.5. The minimum Gasteiger partial charge on any atom is -0.298 e. The second-order valence-electron chi connectivity index (χ2n) is 5.86. The third kappa shape index (κ3) is 4.25. The van der Waals surface area contributed by atoms with Crippen molar-refractivity contribution >= 4 is 5.78 Å². The highest BCUT2D eigenvalue weighted by Gasteiger charge is 2.25. The zero-order valence-corrected chi connectivity index (χ0v) is 11.3. The number of ketones is 1. The van der Waals surface area contributed by atoms with Crippen LogP contribution in [0, 0.1) is 11.8 Å². The van der Waals surface area contributed by atoms with Crippen LogP contribution in [0.1, 0.15) is 53.4 Å². The predicted octanol–water partition coefficient (Wildman–Crippen LogP) is 3.11. The SMILES string of the molecule is CC(C)CN(CC(=O)C1CCCC1)C(C)C. The highest BCUT2D eigenvalue weighted by Crippen LogP contribution is 2.25. The minimum absolute atomic E-state index is 0.369. The molecule has 0 heterocycles. The monoisotopic (exact) mass is 225 g/mol. The highest BCUT2D eigenvalue weighted by molar-refractivity contribution is 5.83. The molecule has 0 N–H and O–H groups in total. The summed E-state index contributed by atoms with van der Waals surface area (Å²) in [5, 5.41) is 0. The molecule has 0 unspecified atom stereocenters. The first-order valence-corrected chi connectivity index (χ1v) is 6.77. The molecule has 0 saturated heterocycles. The van der Waals surface area contributed by atoms with Crippen LogP contribution in [0.15, 0.2) is 0 Å². The minimum atomic E-state index is 0.369. The van der Waals surface area contributed by atoms with E-state index < -0.39 is 0 Å². The third-order valence-corrected chi connectivity index (χ3v) is 3.50. The third-order valence-electron chi connectivity index (χ3n) is 3.50. The molecule has 1 aliphatic rings. The number of nitrogens with zero attached hydrogens (tertiary/aromatic N) is 1. The number of rotatable bonds is 6. The Morgan fingerprint density at radius 3 is 2.19 bits per heavy atom. The van der Waals surface area contributed by atoms with Crippen molar-refractivity contribution < 1.29 is 4.79 Å². The maximum Gasteiger partial charge on any atom is 0.149 e. The molecule has 16 heavy (non-hydrogen) atoms. The van der Waals surface area contributed by atoms with Crippen LogP contribution in [-0.4, -0.2) is 29.8 Å². The number of hydrogen-bond donors (Lipinski definition) is 0. The van der Waals surface area contributed by atoms with Crippen molar-refractivity contribution in [1.82, 2.24) is 4.90 Å². The average molecular weight is 225 g/mol. The van der Waals surface area contributed by atoms with Crippen LogP contribution >= 0.6 is 0 Å². The Morgan fingerprint density at radius 2 is 1.75 bits per heavy atom. The molecular weight excluding hydrogens is 198 g/mol. The van der Waals surface area contributed by atoms with Gasteiger partial charge in [-0.25, -0.2) is 0 Å². The van der Waals surface area contributed by atoms with Crippen LogP contribution in [0.3, 0.4) is 0 Å². The quantitative estimate of drug-likeness (QED) is 0.692. The molecule has 1 aliphatic carbocycles. The van der Waals surface area contributed by atoms with Gasteiger partial charge in [-0.2, -0.15) is 0 Å². The fraction of sp³-hybridized carbons (Fsp3) is 0.929. The lowest BCUT2D eigenvalue weighted by molar-refractivity contribution is -0.124. The van der Waals surface area contributed by atoms with Crippen molar-refractivity contribution in [3.05, 3.63) is 0 Å². The Hall–Kier alpha value is -0.370. The van der Waals surface area contributed by atoms with Gasteiger partial charge in [0.25, 0.3) is 0 Å². The van der Waals surface area contributed by atoms with E-state index in [1.54, 1.807) is 0 Å². The van der Waals surface area contributed by atoms with Gasteiger partial charge in [0.1, 0.15) is 5.78 Å². The van der Waals surface area contributed by atoms with Gasteiger partial charge in [0.2, 0.25) is 0 Å². The fourth-order valence-electron chi connectivity index (χ4n) is 2.50. The number of Topliss-reactive ketones (excluding diaryl/α,β-unsaturated/α-hetero) is 1. The molecule has 0 aliphatic heterocycles. The summed E-state index contributed by atoms with van der Waals surface area (Å²) >= 11 is 0. The molecule has 1 saturated carbocycles. The molecule has 1 fully saturated rings. The first kappa shape index (κ1) is 13.7. The highest BCUT2D eigenvalue weighted by atomic mass is 16.1. The van der Waals surface area contributed by atoms with Crippen LogP contribution in [0.5, 0.6) is 0 Å². The number of carbonyl (C=O) groups excluding carboxylic acids is 1. The van der Waals surface area contributed by atoms with Crippen molar-refractivity contribution in [3.8, 4) is 0 Å². The summed E-state index contributed by atoms with van der Waals surface area (Å²) in [5.41, 5.74) is 0. The van der Waals surface area contributed by atoms with Gasteiger partial charge in [0.15, 0.2) is 0 Å². The van der Waals surface area contributed by atoms with E-state index >= 15 is 0 Å². The smallest absolute Gasteiger partial charge is 0.149 e. The van der Waals surface area contributed by atoms with E-state index in [-0.39, 0.29) is 0 Å². The van der Waals surface area contributed by atoms with Crippen molar-refractivity contribution in [2.45, 2.75) is 59.4 Å². The second kappa shape index (κ2) is 6.39. The van der Waals surface area contributed by atoms with Gasteiger partial charge < -0.3 is 0 Å². The molecule has 0 spiro atoms. The average Bonchev–Trinajstić information content (AvgIpc) is 2.68. The van der Waals surface area contributed by atoms with Crippen LogP contribution < -0.4 is 0 Å². The molecule has 0 radical (unpaired) electrons. The molecule has 2 nitrogen and oxygen atoms in total. The molecule has 0 amide bonds. The summed E-state index contributed by atoms with van der Waals surface area (Å²) in [7, 11) is 0. The van der Waals surface area contributed by atoms with Crippen molar-refractivity contribution in [3.63, 3.8) is 0 Å². The molecular formula is C14H27NO. The molecule has 0 bridgehead atoms. The fourth-order valence-corrected chi connectivity index (χ4v) is 2.50. The lowest BCUT2D eigenvalue weighted by atomic mass is 10.0. The lowest BCUT2D eigenvalue weighted by Crippen LogP contribution is -2.39. The van der Waals surface area contributed by atoms with E-state index in [2.05, 4.69) is 32.6 Å². The van der Waals surface area contributed by atoms with Gasteiger partial charge in [-0.05, 0) is 32.6 Å². The van der Waals surface area contributed by atoms with Gasteiger partial charge in [-0.15, -0.1) is 0 Å². The summed E-state index contributed by atoms with van der Waals surface area (Å²) < 4.78 is 0. The van der Waals surface area contributed by atoms with E-state index in [0.29, 0.717) is 30.2 Å². The van der Waals surface area contributed by atoms with Crippen LogP contribution in [-0.2, 0) is 4.79 Å². The standard InChI is InChI=1S/C14H27NO/c1-11(2)9-15(12(3)4)10-14(16)13-7-5-6-8-13/h11-13H,5-10H2,1-4H3. The molecule has 0 aromatic rings. The van der Waals surface area contributed by atoms with E-state index in [0.717, 1.165) is 19.4 Å². The number of hydrogen-bond acceptors (Lipinski definition) is 2. The predicted molar refractivity (Wildman–Crippen MR) is 68.5 cm³/mol. The van der Waals surface area contributed by atoms with Gasteiger partial charge in [0, 0.05) is 18.5 Å². The topological polar surface area (TPSA) is 20.3 Å². The Labute approximate surface area is 100 Å². The van der Waals surface area contributed by atoms with E-state index in [1.807, 2.05) is 0 Å². The summed E-state index contributed by atoms with van der Waals surface area (Å²) in [6, 6.07) is 0.479. The maximum atomic E-state index is 12.1. The summed E-state index contributed by atoms with van der Waals surface area (Å²) in [5.74, 6) is 1.49. The Bertz CT molecular complexity index is 217. The molecule has 94 valence electrons. The maximum absolute atomic E-state index is 12.1.